The minimum absolute atomic E-state index is 0. The van der Waals surface area contributed by atoms with Crippen LogP contribution in [0.4, 0.5) is 0 Å². The van der Waals surface area contributed by atoms with E-state index in [4.69, 9.17) is 28.8 Å². The Bertz CT molecular complexity index is 84.6. The second-order valence-corrected chi connectivity index (χ2v) is 4.36. The fraction of sp³-hybridized carbons (Fsp3) is 0. The van der Waals surface area contributed by atoms with Crippen molar-refractivity contribution in [3.05, 3.63) is 0 Å². The fourth-order valence-electron chi connectivity index (χ4n) is 0.184. The Morgan fingerprint density at radius 1 is 0.667 bits per heavy atom. The molecule has 6 N–H and O–H groups in total. The minimum Gasteiger partial charge on any atom is -0.368 e. The van der Waals surface area contributed by atoms with Gasteiger partial charge < -0.3 is 32.9 Å². The predicted molar refractivity (Wildman–Crippen MR) is 43.2 cm³/mol. The number of rotatable bonds is 2. The van der Waals surface area contributed by atoms with Crippen LogP contribution >= 0.6 is 0 Å². The SMILES string of the molecule is O[Si](O)(O)O[Si](O)(O)O.[Ba+2].[Mg+2].[Mg+2]. The summed E-state index contributed by atoms with van der Waals surface area (Å²) in [7, 11) is -9.96. The Kier molecular flexibility index (Phi) is 19.3. The quantitative estimate of drug-likeness (QED) is 0.271. The molecule has 0 aliphatic heterocycles. The molecule has 0 rings (SSSR count). The van der Waals surface area contributed by atoms with Gasteiger partial charge >= 0.3 is 113 Å². The fourth-order valence-corrected chi connectivity index (χ4v) is 1.65. The van der Waals surface area contributed by atoms with E-state index < -0.39 is 18.1 Å². The molecule has 0 bridgehead atoms. The van der Waals surface area contributed by atoms with Gasteiger partial charge in [0.1, 0.15) is 0 Å². The van der Waals surface area contributed by atoms with E-state index in [2.05, 4.69) is 4.12 Å². The van der Waals surface area contributed by atoms with Gasteiger partial charge in [-0.25, -0.2) is 0 Å². The summed E-state index contributed by atoms with van der Waals surface area (Å²) in [4.78, 5) is 47.6. The second kappa shape index (κ2) is 9.48. The van der Waals surface area contributed by atoms with Crippen molar-refractivity contribution in [2.45, 2.75) is 0 Å². The molecule has 0 unspecified atom stereocenters. The van der Waals surface area contributed by atoms with Crippen molar-refractivity contribution in [2.75, 3.05) is 0 Å². The molecule has 0 amide bonds. The summed E-state index contributed by atoms with van der Waals surface area (Å²) in [5, 5.41) is 0. The van der Waals surface area contributed by atoms with Crippen LogP contribution in [0.5, 0.6) is 0 Å². The van der Waals surface area contributed by atoms with E-state index in [1.54, 1.807) is 0 Å². The van der Waals surface area contributed by atoms with E-state index in [0.717, 1.165) is 0 Å². The third-order valence-corrected chi connectivity index (χ3v) is 2.46. The van der Waals surface area contributed by atoms with Crippen molar-refractivity contribution < 1.29 is 32.9 Å². The first kappa shape index (κ1) is 24.5. The molecular weight excluding hydrogens is 354 g/mol. The average molecular weight is 360 g/mol. The molecular formula is H6BaMg2O7Si2+6. The molecule has 12 heteroatoms. The largest absolute Gasteiger partial charge is 2.00 e. The van der Waals surface area contributed by atoms with Crippen LogP contribution in [-0.4, -0.2) is 142 Å². The Balaban J connectivity index is -0.000000107. The summed E-state index contributed by atoms with van der Waals surface area (Å²) in [6.07, 6.45) is 0. The van der Waals surface area contributed by atoms with Crippen molar-refractivity contribution in [2.24, 2.45) is 0 Å². The van der Waals surface area contributed by atoms with Crippen LogP contribution < -0.4 is 0 Å². The van der Waals surface area contributed by atoms with E-state index >= 15 is 0 Å². The molecule has 0 heterocycles. The first-order chi connectivity index (χ1) is 3.71. The van der Waals surface area contributed by atoms with Gasteiger partial charge in [-0.3, -0.25) is 0 Å². The zero-order valence-electron chi connectivity index (χ0n) is 6.21. The molecule has 0 radical (unpaired) electrons. The first-order valence-electron chi connectivity index (χ1n) is 1.75. The maximum absolute atomic E-state index is 7.94. The van der Waals surface area contributed by atoms with Gasteiger partial charge in [0.2, 0.25) is 0 Å². The van der Waals surface area contributed by atoms with Crippen molar-refractivity contribution in [1.82, 2.24) is 0 Å². The third kappa shape index (κ3) is 23.2. The molecule has 0 aromatic carbocycles. The Morgan fingerprint density at radius 2 is 0.833 bits per heavy atom. The molecule has 0 aromatic heterocycles. The van der Waals surface area contributed by atoms with Crippen molar-refractivity contribution in [1.29, 1.82) is 0 Å². The van der Waals surface area contributed by atoms with Gasteiger partial charge in [-0.15, -0.1) is 0 Å². The van der Waals surface area contributed by atoms with Crippen LogP contribution in [-0.2, 0) is 4.12 Å². The molecule has 0 aromatic rings. The molecule has 56 valence electrons. The Labute approximate surface area is 143 Å². The average Bonchev–Trinajstić information content (AvgIpc) is 1.14. The summed E-state index contributed by atoms with van der Waals surface area (Å²) < 4.78 is 3.24. The van der Waals surface area contributed by atoms with E-state index in [0.29, 0.717) is 0 Å². The summed E-state index contributed by atoms with van der Waals surface area (Å²) in [6, 6.07) is 0. The van der Waals surface area contributed by atoms with Crippen molar-refractivity contribution in [3.8, 4) is 0 Å². The molecule has 0 saturated heterocycles. The van der Waals surface area contributed by atoms with Gasteiger partial charge in [-0.1, -0.05) is 0 Å². The second-order valence-electron chi connectivity index (χ2n) is 1.25. The van der Waals surface area contributed by atoms with Crippen LogP contribution in [0, 0.1) is 0 Å². The Morgan fingerprint density at radius 3 is 0.833 bits per heavy atom. The van der Waals surface area contributed by atoms with Crippen molar-refractivity contribution in [3.63, 3.8) is 0 Å². The summed E-state index contributed by atoms with van der Waals surface area (Å²) in [5.74, 6) is 0. The third-order valence-electron chi connectivity index (χ3n) is 0.274. The molecule has 0 atom stereocenters. The van der Waals surface area contributed by atoms with Crippen LogP contribution in [0.1, 0.15) is 0 Å². The maximum atomic E-state index is 7.94. The number of hydrogen-bond donors (Lipinski definition) is 6. The zero-order chi connectivity index (χ0) is 7.71. The van der Waals surface area contributed by atoms with Gasteiger partial charge in [0, 0.05) is 0 Å². The molecule has 0 spiro atoms. The van der Waals surface area contributed by atoms with Gasteiger partial charge in [-0.2, -0.15) is 0 Å². The van der Waals surface area contributed by atoms with Gasteiger partial charge in [0.15, 0.2) is 0 Å². The van der Waals surface area contributed by atoms with E-state index in [9.17, 15) is 0 Å². The molecule has 12 heavy (non-hydrogen) atoms. The summed E-state index contributed by atoms with van der Waals surface area (Å²) in [5.41, 5.74) is 0. The van der Waals surface area contributed by atoms with Crippen LogP contribution in [0.3, 0.4) is 0 Å². The van der Waals surface area contributed by atoms with Crippen LogP contribution in [0.15, 0.2) is 0 Å². The molecule has 0 saturated carbocycles. The van der Waals surface area contributed by atoms with E-state index in [1.165, 1.54) is 0 Å². The van der Waals surface area contributed by atoms with Crippen LogP contribution in [0.2, 0.25) is 0 Å². The summed E-state index contributed by atoms with van der Waals surface area (Å²) in [6.45, 7) is 0. The topological polar surface area (TPSA) is 131 Å². The molecule has 0 aliphatic rings. The van der Waals surface area contributed by atoms with Gasteiger partial charge in [0.25, 0.3) is 0 Å². The zero-order valence-corrected chi connectivity index (χ0v) is 15.5. The van der Waals surface area contributed by atoms with E-state index in [1.807, 2.05) is 0 Å². The predicted octanol–water partition coefficient (Wildman–Crippen LogP) is -5.31. The van der Waals surface area contributed by atoms with Gasteiger partial charge in [0.05, 0.1) is 0 Å². The summed E-state index contributed by atoms with van der Waals surface area (Å²) >= 11 is 0. The Hall–Kier alpha value is 3.26. The number of hydrogen-bond acceptors (Lipinski definition) is 7. The monoisotopic (exact) mass is 360 g/mol. The van der Waals surface area contributed by atoms with E-state index in [-0.39, 0.29) is 95.0 Å². The first-order valence-corrected chi connectivity index (χ1v) is 5.25. The molecule has 7 nitrogen and oxygen atoms in total. The molecule has 0 aliphatic carbocycles. The van der Waals surface area contributed by atoms with Gasteiger partial charge in [-0.05, 0) is 0 Å². The standard InChI is InChI=1S/Ba.2Mg.H6O7Si2/c;;;1-8(2,3)7-9(4,5)6/h;;;1-6H/q3*+2;. The maximum Gasteiger partial charge on any atom is 2.00 e. The molecule has 0 fully saturated rings. The normalized spacial score (nSPS) is 10.5. The van der Waals surface area contributed by atoms with Crippen molar-refractivity contribution >= 4 is 113 Å². The van der Waals surface area contributed by atoms with Crippen LogP contribution in [0.25, 0.3) is 0 Å². The minimum atomic E-state index is -4.98. The smallest absolute Gasteiger partial charge is 0.368 e.